The summed E-state index contributed by atoms with van der Waals surface area (Å²) < 4.78 is 5.59. The Hall–Kier alpha value is -1.82. The van der Waals surface area contributed by atoms with E-state index in [0.717, 1.165) is 10.0 Å². The number of aryl methyl sites for hydroxylation is 2. The molecular formula is C12H12BrN3O2. The molecule has 1 heterocycles. The molecule has 94 valence electrons. The van der Waals surface area contributed by atoms with Crippen LogP contribution in [0.4, 0.5) is 11.4 Å². The highest BCUT2D eigenvalue weighted by Gasteiger charge is 2.15. The number of rotatable bonds is 2. The number of anilines is 2. The predicted molar refractivity (Wildman–Crippen MR) is 72.5 cm³/mol. The number of nitrogens with one attached hydrogen (secondary N) is 1. The molecule has 0 radical (unpaired) electrons. The first-order chi connectivity index (χ1) is 8.49. The summed E-state index contributed by atoms with van der Waals surface area (Å²) in [6, 6.07) is 3.67. The maximum atomic E-state index is 12.0. The van der Waals surface area contributed by atoms with Crippen LogP contribution in [0.5, 0.6) is 0 Å². The van der Waals surface area contributed by atoms with Gasteiger partial charge in [-0.1, -0.05) is 5.16 Å². The fourth-order valence-electron chi connectivity index (χ4n) is 1.60. The number of hydrogen-bond donors (Lipinski definition) is 2. The second kappa shape index (κ2) is 4.81. The number of nitrogens with two attached hydrogens (primary N) is 1. The molecule has 6 heteroatoms. The van der Waals surface area contributed by atoms with Crippen LogP contribution in [0.2, 0.25) is 0 Å². The lowest BCUT2D eigenvalue weighted by Crippen LogP contribution is -2.14. The van der Waals surface area contributed by atoms with E-state index in [2.05, 4.69) is 26.4 Å². The standard InChI is InChI=1S/C12H12BrN3O2/c1-6-3-9(13)11(10(14)4-6)16-12(17)8-5-15-18-7(8)2/h3-5H,14H2,1-2H3,(H,16,17). The van der Waals surface area contributed by atoms with Crippen molar-refractivity contribution in [2.75, 3.05) is 11.1 Å². The van der Waals surface area contributed by atoms with Crippen molar-refractivity contribution in [2.45, 2.75) is 13.8 Å². The molecule has 1 amide bonds. The van der Waals surface area contributed by atoms with Crippen molar-refractivity contribution in [3.63, 3.8) is 0 Å². The Labute approximate surface area is 112 Å². The summed E-state index contributed by atoms with van der Waals surface area (Å²) in [5.74, 6) is 0.166. The maximum absolute atomic E-state index is 12.0. The van der Waals surface area contributed by atoms with Gasteiger partial charge in [0.1, 0.15) is 11.3 Å². The monoisotopic (exact) mass is 309 g/mol. The fraction of sp³-hybridized carbons (Fsp3) is 0.167. The van der Waals surface area contributed by atoms with Gasteiger partial charge in [-0.2, -0.15) is 0 Å². The summed E-state index contributed by atoms with van der Waals surface area (Å²) in [4.78, 5) is 12.0. The fourth-order valence-corrected chi connectivity index (χ4v) is 2.29. The normalized spacial score (nSPS) is 10.4. The lowest BCUT2D eigenvalue weighted by Gasteiger charge is -2.10. The average molecular weight is 310 g/mol. The van der Waals surface area contributed by atoms with Gasteiger partial charge in [0.05, 0.1) is 17.6 Å². The van der Waals surface area contributed by atoms with E-state index in [1.165, 1.54) is 6.20 Å². The van der Waals surface area contributed by atoms with Crippen LogP contribution in [0.15, 0.2) is 27.3 Å². The van der Waals surface area contributed by atoms with Gasteiger partial charge in [0.2, 0.25) is 0 Å². The Bertz CT molecular complexity index is 584. The minimum absolute atomic E-state index is 0.301. The number of carbonyl (C=O) groups is 1. The largest absolute Gasteiger partial charge is 0.397 e. The molecule has 2 aromatic rings. The van der Waals surface area contributed by atoms with Crippen LogP contribution in [-0.2, 0) is 0 Å². The molecule has 0 aliphatic heterocycles. The van der Waals surface area contributed by atoms with Crippen molar-refractivity contribution < 1.29 is 9.32 Å². The number of benzene rings is 1. The number of amides is 1. The van der Waals surface area contributed by atoms with E-state index in [9.17, 15) is 4.79 Å². The molecular weight excluding hydrogens is 298 g/mol. The highest BCUT2D eigenvalue weighted by molar-refractivity contribution is 9.10. The lowest BCUT2D eigenvalue weighted by atomic mass is 10.2. The highest BCUT2D eigenvalue weighted by Crippen LogP contribution is 2.30. The number of carbonyl (C=O) groups excluding carboxylic acids is 1. The number of aromatic nitrogens is 1. The van der Waals surface area contributed by atoms with Gasteiger partial charge in [-0.3, -0.25) is 4.79 Å². The molecule has 0 unspecified atom stereocenters. The van der Waals surface area contributed by atoms with E-state index in [1.54, 1.807) is 13.0 Å². The van der Waals surface area contributed by atoms with Crippen LogP contribution < -0.4 is 11.1 Å². The van der Waals surface area contributed by atoms with Crippen LogP contribution in [-0.4, -0.2) is 11.1 Å². The second-order valence-electron chi connectivity index (χ2n) is 3.96. The van der Waals surface area contributed by atoms with Crippen LogP contribution >= 0.6 is 15.9 Å². The summed E-state index contributed by atoms with van der Waals surface area (Å²) in [6.45, 7) is 3.60. The molecule has 1 aromatic carbocycles. The maximum Gasteiger partial charge on any atom is 0.260 e. The molecule has 0 aliphatic carbocycles. The molecule has 2 rings (SSSR count). The highest BCUT2D eigenvalue weighted by atomic mass is 79.9. The van der Waals surface area contributed by atoms with Gasteiger partial charge in [-0.15, -0.1) is 0 Å². The topological polar surface area (TPSA) is 81.1 Å². The van der Waals surface area contributed by atoms with E-state index in [0.29, 0.717) is 22.7 Å². The van der Waals surface area contributed by atoms with Crippen LogP contribution in [0.3, 0.4) is 0 Å². The Balaban J connectivity index is 2.31. The quantitative estimate of drug-likeness (QED) is 0.836. The Morgan fingerprint density at radius 1 is 1.44 bits per heavy atom. The number of nitrogen functional groups attached to an aromatic ring is 1. The molecule has 0 saturated carbocycles. The van der Waals surface area contributed by atoms with E-state index < -0.39 is 0 Å². The average Bonchev–Trinajstić information content (AvgIpc) is 2.69. The zero-order valence-electron chi connectivity index (χ0n) is 9.95. The van der Waals surface area contributed by atoms with Gasteiger partial charge >= 0.3 is 0 Å². The van der Waals surface area contributed by atoms with Crippen molar-refractivity contribution in [1.82, 2.24) is 5.16 Å². The van der Waals surface area contributed by atoms with Gasteiger partial charge in [-0.25, -0.2) is 0 Å². The SMILES string of the molecule is Cc1cc(N)c(NC(=O)c2cnoc2C)c(Br)c1. The molecule has 0 aliphatic rings. The first-order valence-corrected chi connectivity index (χ1v) is 6.06. The van der Waals surface area contributed by atoms with Gasteiger partial charge in [0, 0.05) is 4.47 Å². The predicted octanol–water partition coefficient (Wildman–Crippen LogP) is 2.89. The van der Waals surface area contributed by atoms with E-state index in [1.807, 2.05) is 13.0 Å². The van der Waals surface area contributed by atoms with Gasteiger partial charge in [0.25, 0.3) is 5.91 Å². The summed E-state index contributed by atoms with van der Waals surface area (Å²) in [5, 5.41) is 6.30. The zero-order chi connectivity index (χ0) is 13.3. The summed E-state index contributed by atoms with van der Waals surface area (Å²) in [5.41, 5.74) is 8.33. The van der Waals surface area contributed by atoms with Crippen molar-refractivity contribution in [3.05, 3.63) is 39.7 Å². The lowest BCUT2D eigenvalue weighted by molar-refractivity contribution is 0.102. The van der Waals surface area contributed by atoms with E-state index in [-0.39, 0.29) is 5.91 Å². The molecule has 5 nitrogen and oxygen atoms in total. The van der Waals surface area contributed by atoms with Crippen molar-refractivity contribution >= 4 is 33.2 Å². The van der Waals surface area contributed by atoms with Crippen molar-refractivity contribution in [2.24, 2.45) is 0 Å². The van der Waals surface area contributed by atoms with Crippen LogP contribution in [0.25, 0.3) is 0 Å². The number of hydrogen-bond acceptors (Lipinski definition) is 4. The number of nitrogens with zero attached hydrogens (tertiary/aromatic N) is 1. The third-order valence-corrected chi connectivity index (χ3v) is 3.12. The zero-order valence-corrected chi connectivity index (χ0v) is 11.5. The molecule has 0 fully saturated rings. The molecule has 18 heavy (non-hydrogen) atoms. The van der Waals surface area contributed by atoms with Crippen molar-refractivity contribution in [3.8, 4) is 0 Å². The summed E-state index contributed by atoms with van der Waals surface area (Å²) >= 11 is 3.37. The molecule has 0 spiro atoms. The van der Waals surface area contributed by atoms with Gasteiger partial charge in [0.15, 0.2) is 0 Å². The van der Waals surface area contributed by atoms with Crippen LogP contribution in [0, 0.1) is 13.8 Å². The minimum Gasteiger partial charge on any atom is -0.397 e. The van der Waals surface area contributed by atoms with E-state index >= 15 is 0 Å². The molecule has 0 saturated heterocycles. The summed E-state index contributed by atoms with van der Waals surface area (Å²) in [6.07, 6.45) is 1.38. The third-order valence-electron chi connectivity index (χ3n) is 2.50. The summed E-state index contributed by atoms with van der Waals surface area (Å²) in [7, 11) is 0. The third kappa shape index (κ3) is 2.38. The minimum atomic E-state index is -0.301. The Morgan fingerprint density at radius 3 is 2.72 bits per heavy atom. The second-order valence-corrected chi connectivity index (χ2v) is 4.82. The molecule has 0 atom stereocenters. The number of halogens is 1. The van der Waals surface area contributed by atoms with E-state index in [4.69, 9.17) is 10.3 Å². The Morgan fingerprint density at radius 2 is 2.17 bits per heavy atom. The molecule has 0 bridgehead atoms. The first-order valence-electron chi connectivity index (χ1n) is 5.27. The molecule has 1 aromatic heterocycles. The van der Waals surface area contributed by atoms with Crippen LogP contribution in [0.1, 0.15) is 21.7 Å². The van der Waals surface area contributed by atoms with Crippen molar-refractivity contribution in [1.29, 1.82) is 0 Å². The van der Waals surface area contributed by atoms with Gasteiger partial charge in [-0.05, 0) is 47.5 Å². The smallest absolute Gasteiger partial charge is 0.260 e. The molecule has 3 N–H and O–H groups in total. The Kier molecular flexibility index (Phi) is 3.38. The van der Waals surface area contributed by atoms with Gasteiger partial charge < -0.3 is 15.6 Å². The first kappa shape index (κ1) is 12.6.